The molecule has 21 heteroatoms. The fraction of sp³-hybridized carbons (Fsp3) is 0.871. The van der Waals surface area contributed by atoms with Crippen molar-refractivity contribution in [3.05, 3.63) is 0 Å². The number of carbonyl (C=O) groups is 7. The van der Waals surface area contributed by atoms with E-state index in [0.29, 0.717) is 52.0 Å². The van der Waals surface area contributed by atoms with Gasteiger partial charge in [0.15, 0.2) is 0 Å². The Kier molecular flexibility index (Phi) is 113. The molecule has 0 fully saturated rings. The van der Waals surface area contributed by atoms with Crippen LogP contribution in [0.1, 0.15) is 240 Å². The van der Waals surface area contributed by atoms with Crippen molar-refractivity contribution in [2.45, 2.75) is 240 Å². The van der Waals surface area contributed by atoms with Gasteiger partial charge in [-0.15, -0.1) is 0 Å². The molecule has 0 bridgehead atoms. The summed E-state index contributed by atoms with van der Waals surface area (Å²) in [4.78, 5) is 76.4. The van der Waals surface area contributed by atoms with Gasteiger partial charge < -0.3 is 88.7 Å². The number of aliphatic carboxylic acids is 3. The minimum absolute atomic E-state index is 0. The summed E-state index contributed by atoms with van der Waals surface area (Å²) in [6, 6.07) is 1.75. The minimum atomic E-state index is -0.716. The summed E-state index contributed by atoms with van der Waals surface area (Å²) in [7, 11) is 18.9. The lowest BCUT2D eigenvalue weighted by Crippen LogP contribution is -3.00. The van der Waals surface area contributed by atoms with Gasteiger partial charge in [-0.2, -0.15) is 5.26 Å². The highest BCUT2D eigenvalue weighted by Crippen LogP contribution is 2.11. The Morgan fingerprint density at radius 3 is 1.02 bits per heavy atom. The molecular formula is C62H131IN6O14. The number of esters is 2. The highest BCUT2D eigenvalue weighted by Gasteiger charge is 2.08. The summed E-state index contributed by atoms with van der Waals surface area (Å²) in [6.45, 7) is 15.4. The molecular weight excluding hydrogens is 1180 g/mol. The highest BCUT2D eigenvalue weighted by molar-refractivity contribution is 5.69. The number of aliphatic hydroxyl groups excluding tert-OH is 1. The van der Waals surface area contributed by atoms with E-state index in [-0.39, 0.29) is 48.8 Å². The smallest absolute Gasteiger partial charge is 0.305 e. The first kappa shape index (κ1) is 101. The van der Waals surface area contributed by atoms with Gasteiger partial charge in [-0.25, -0.2) is 0 Å². The Labute approximate surface area is 525 Å². The number of hydrogen-bond donors (Lipinski definition) is 6. The molecule has 0 unspecified atom stereocenters. The summed E-state index contributed by atoms with van der Waals surface area (Å²) < 4.78 is 11.3. The van der Waals surface area contributed by atoms with E-state index in [1.165, 1.54) is 84.6 Å². The molecule has 0 heterocycles. The van der Waals surface area contributed by atoms with Gasteiger partial charge >= 0.3 is 29.8 Å². The van der Waals surface area contributed by atoms with Crippen molar-refractivity contribution < 1.29 is 97.0 Å². The van der Waals surface area contributed by atoms with Crippen molar-refractivity contribution in [3.63, 3.8) is 0 Å². The molecule has 7 N–H and O–H groups in total. The topological polar surface area (TPSA) is 299 Å². The number of nitrogens with zero attached hydrogens (tertiary/aromatic N) is 5. The maximum absolute atomic E-state index is 11.6. The summed E-state index contributed by atoms with van der Waals surface area (Å²) in [5.41, 5.74) is 5.20. The van der Waals surface area contributed by atoms with Crippen molar-refractivity contribution in [2.24, 2.45) is 5.73 Å². The summed E-state index contributed by atoms with van der Waals surface area (Å²) in [6.07, 6.45) is 32.7. The average molecular weight is 1310 g/mol. The van der Waals surface area contributed by atoms with E-state index < -0.39 is 17.9 Å². The Balaban J connectivity index is -0.0000000983. The number of nitrogens with two attached hydrogens (primary N) is 1. The Hall–Kier alpha value is -3.53. The fourth-order valence-electron chi connectivity index (χ4n) is 6.40. The SMILES string of the molecule is CC#N.CC=O.CCCCCCCCCCCCOC(=O)CCCCC[N+](C)(C)C.CCCO.CCCOC(=O)CCCCCN(C)C.CN(C)CCCCCC(=O)O.CN(C)CCCCCC(=O)O.NCCCCCC(=O)O.O=CO.[I-]. The number of nitriles is 1. The van der Waals surface area contributed by atoms with E-state index in [1.807, 2.05) is 42.0 Å². The van der Waals surface area contributed by atoms with Crippen LogP contribution < -0.4 is 29.7 Å². The van der Waals surface area contributed by atoms with E-state index in [1.54, 1.807) is 6.07 Å². The molecule has 0 saturated heterocycles. The number of quaternary nitrogens is 1. The fourth-order valence-corrected chi connectivity index (χ4v) is 6.40. The maximum Gasteiger partial charge on any atom is 0.305 e. The summed E-state index contributed by atoms with van der Waals surface area (Å²) >= 11 is 0. The molecule has 0 aliphatic rings. The zero-order chi connectivity index (χ0) is 64.9. The number of ether oxygens (including phenoxy) is 2. The molecule has 0 amide bonds. The first-order valence-electron chi connectivity index (χ1n) is 30.6. The normalized spacial score (nSPS) is 9.71. The van der Waals surface area contributed by atoms with E-state index in [2.05, 4.69) is 56.9 Å². The van der Waals surface area contributed by atoms with Crippen LogP contribution in [0.15, 0.2) is 0 Å². The lowest BCUT2D eigenvalue weighted by molar-refractivity contribution is -0.870. The third-order valence-corrected chi connectivity index (χ3v) is 10.7. The van der Waals surface area contributed by atoms with Gasteiger partial charge in [0.25, 0.3) is 6.47 Å². The van der Waals surface area contributed by atoms with Crippen LogP contribution >= 0.6 is 0 Å². The van der Waals surface area contributed by atoms with Crippen molar-refractivity contribution in [3.8, 4) is 6.07 Å². The Morgan fingerprint density at radius 2 is 0.759 bits per heavy atom. The van der Waals surface area contributed by atoms with Crippen LogP contribution in [0.5, 0.6) is 0 Å². The number of unbranched alkanes of at least 4 members (excludes halogenated alkanes) is 19. The molecule has 0 aromatic rings. The van der Waals surface area contributed by atoms with Gasteiger partial charge in [0.2, 0.25) is 0 Å². The number of rotatable bonds is 43. The van der Waals surface area contributed by atoms with Gasteiger partial charge in [0.1, 0.15) is 6.29 Å². The average Bonchev–Trinajstić information content (AvgIpc) is 3.39. The van der Waals surface area contributed by atoms with Gasteiger partial charge in [-0.1, -0.05) is 104 Å². The molecule has 0 aromatic heterocycles. The van der Waals surface area contributed by atoms with Crippen LogP contribution in [0.25, 0.3) is 0 Å². The molecule has 20 nitrogen and oxygen atoms in total. The second-order valence-electron chi connectivity index (χ2n) is 21.4. The number of aldehydes is 1. The molecule has 0 aliphatic heterocycles. The quantitative estimate of drug-likeness (QED) is 0.0109. The molecule has 0 aliphatic carbocycles. The molecule has 0 rings (SSSR count). The molecule has 83 heavy (non-hydrogen) atoms. The van der Waals surface area contributed by atoms with Gasteiger partial charge in [-0.05, 0) is 165 Å². The van der Waals surface area contributed by atoms with E-state index >= 15 is 0 Å². The van der Waals surface area contributed by atoms with Crippen molar-refractivity contribution >= 4 is 42.6 Å². The number of halogens is 1. The zero-order valence-corrected chi connectivity index (χ0v) is 57.7. The number of carbonyl (C=O) groups excluding carboxylic acids is 3. The summed E-state index contributed by atoms with van der Waals surface area (Å²) in [5, 5.41) is 46.9. The lowest BCUT2D eigenvalue weighted by atomic mass is 10.1. The first-order valence-corrected chi connectivity index (χ1v) is 30.6. The third-order valence-electron chi connectivity index (χ3n) is 10.7. The predicted octanol–water partition coefficient (Wildman–Crippen LogP) is 8.58. The molecule has 0 radical (unpaired) electrons. The molecule has 500 valence electrons. The number of carboxylic acid groups (broad SMARTS) is 4. The van der Waals surface area contributed by atoms with E-state index in [4.69, 9.17) is 55.6 Å². The number of aliphatic hydroxyl groups is 1. The van der Waals surface area contributed by atoms with Crippen LogP contribution in [0.4, 0.5) is 0 Å². The predicted molar refractivity (Wildman–Crippen MR) is 336 cm³/mol. The molecule has 0 atom stereocenters. The Bertz CT molecular complexity index is 1320. The van der Waals surface area contributed by atoms with Crippen LogP contribution in [0, 0.1) is 11.3 Å². The van der Waals surface area contributed by atoms with Crippen LogP contribution in [0.3, 0.4) is 0 Å². The van der Waals surface area contributed by atoms with Gasteiger partial charge in [-0.3, -0.25) is 28.8 Å². The molecule has 0 spiro atoms. The molecule has 0 aromatic carbocycles. The Morgan fingerprint density at radius 1 is 0.494 bits per heavy atom. The number of hydrogen-bond acceptors (Lipinski definition) is 15. The second-order valence-corrected chi connectivity index (χ2v) is 21.4. The summed E-state index contributed by atoms with van der Waals surface area (Å²) in [5.74, 6) is -2.13. The van der Waals surface area contributed by atoms with E-state index in [9.17, 15) is 24.0 Å². The standard InChI is InChI=1S/C21H44NO2.C11H23NO2.2C8H17NO2.C6H13NO2.C3H8O.C2H3N.C2H4O.CH2O2.HI/c1-5-6-7-8-9-10-11-12-13-17-20-24-21(23)18-15-14-16-19-22(2,3)4;1-4-10-14-11(13)8-6-5-7-9-12(2)3;2*1-9(2)7-5-3-4-6-8(10)11;7-5-3-1-2-4-6(8)9;1-2-3-4;2*1-2-3;2-1-3;/h5-20H2,1-4H3;4-10H2,1-3H3;2*3-7H2,1-2H3,(H,10,11);1-5,7H2,(H,8,9);4H,2-3H2,1H3;1H3;2H,1H3;1H,(H,2,3);1H/q+1;;;;;;;;;/p-1. The van der Waals surface area contributed by atoms with Gasteiger partial charge in [0, 0.05) is 45.6 Å². The largest absolute Gasteiger partial charge is 1.00 e. The van der Waals surface area contributed by atoms with Crippen LogP contribution in [-0.2, 0) is 43.0 Å². The highest BCUT2D eigenvalue weighted by atomic mass is 127. The third kappa shape index (κ3) is 160. The van der Waals surface area contributed by atoms with Crippen molar-refractivity contribution in [1.82, 2.24) is 14.7 Å². The second kappa shape index (κ2) is 92.2. The monoisotopic (exact) mass is 1310 g/mol. The molecule has 0 saturated carbocycles. The van der Waals surface area contributed by atoms with Crippen LogP contribution in [-0.4, -0.2) is 203 Å². The van der Waals surface area contributed by atoms with Gasteiger partial charge in [0.05, 0.1) is 47.0 Å². The first-order chi connectivity index (χ1) is 38.8. The number of carboxylic acids is 3. The van der Waals surface area contributed by atoms with Crippen molar-refractivity contribution in [2.75, 3.05) is 116 Å². The van der Waals surface area contributed by atoms with E-state index in [0.717, 1.165) is 140 Å². The lowest BCUT2D eigenvalue weighted by Gasteiger charge is -2.23. The minimum Gasteiger partial charge on any atom is -1.00 e. The zero-order valence-electron chi connectivity index (χ0n) is 55.5. The van der Waals surface area contributed by atoms with Crippen molar-refractivity contribution in [1.29, 1.82) is 5.26 Å². The van der Waals surface area contributed by atoms with Crippen LogP contribution in [0.2, 0.25) is 0 Å². The maximum atomic E-state index is 11.6.